The minimum atomic E-state index is -1.15. The fourth-order valence-corrected chi connectivity index (χ4v) is 4.12. The quantitative estimate of drug-likeness (QED) is 0.662. The van der Waals surface area contributed by atoms with E-state index in [1.165, 1.54) is 0 Å². The number of anilines is 1. The van der Waals surface area contributed by atoms with Crippen LogP contribution in [-0.2, 0) is 19.7 Å². The van der Waals surface area contributed by atoms with Crippen LogP contribution in [0.1, 0.15) is 35.9 Å². The van der Waals surface area contributed by atoms with Gasteiger partial charge in [0.15, 0.2) is 0 Å². The summed E-state index contributed by atoms with van der Waals surface area (Å²) in [6.45, 7) is 5.75. The Kier molecular flexibility index (Phi) is 4.70. The van der Waals surface area contributed by atoms with Gasteiger partial charge in [-0.15, -0.1) is 0 Å². The molecule has 3 aromatic rings. The molecule has 1 atom stereocenters. The van der Waals surface area contributed by atoms with Gasteiger partial charge in [-0.25, -0.2) is 0 Å². The van der Waals surface area contributed by atoms with Crippen molar-refractivity contribution in [2.24, 2.45) is 0 Å². The maximum absolute atomic E-state index is 13.3. The van der Waals surface area contributed by atoms with E-state index in [4.69, 9.17) is 9.26 Å². The maximum atomic E-state index is 13.3. The summed E-state index contributed by atoms with van der Waals surface area (Å²) in [6.07, 6.45) is -0.0747. The van der Waals surface area contributed by atoms with Crippen LogP contribution in [0.25, 0.3) is 11.1 Å². The van der Waals surface area contributed by atoms with Gasteiger partial charge in [-0.05, 0) is 49.6 Å². The molecule has 6 nitrogen and oxygen atoms in total. The zero-order valence-electron chi connectivity index (χ0n) is 16.6. The summed E-state index contributed by atoms with van der Waals surface area (Å²) in [4.78, 5) is 25.8. The summed E-state index contributed by atoms with van der Waals surface area (Å²) < 4.78 is 10.5. The SMILES string of the molecule is CCOC(=O)CC1(c2ccccc2)C(=O)Nc2ccc(-c3c(C)noc3C)cc21. The molecular formula is C23H22N2O4. The maximum Gasteiger partial charge on any atom is 0.307 e. The largest absolute Gasteiger partial charge is 0.466 e. The Bertz CT molecular complexity index is 1070. The molecule has 6 heteroatoms. The second-order valence-corrected chi connectivity index (χ2v) is 7.17. The molecule has 0 saturated carbocycles. The van der Waals surface area contributed by atoms with E-state index < -0.39 is 11.4 Å². The molecule has 1 N–H and O–H groups in total. The highest BCUT2D eigenvalue weighted by molar-refractivity contribution is 6.11. The Morgan fingerprint density at radius 1 is 1.17 bits per heavy atom. The van der Waals surface area contributed by atoms with Crippen LogP contribution in [0.2, 0.25) is 0 Å². The first-order valence-electron chi connectivity index (χ1n) is 9.57. The molecule has 1 aliphatic rings. The average Bonchev–Trinajstić information content (AvgIpc) is 3.19. The Balaban J connectivity index is 1.93. The molecule has 29 heavy (non-hydrogen) atoms. The minimum Gasteiger partial charge on any atom is -0.466 e. The number of ether oxygens (including phenoxy) is 1. The van der Waals surface area contributed by atoms with E-state index in [1.807, 2.05) is 62.4 Å². The number of carbonyl (C=O) groups is 2. The number of aromatic nitrogens is 1. The van der Waals surface area contributed by atoms with Crippen molar-refractivity contribution >= 4 is 17.6 Å². The molecule has 0 radical (unpaired) electrons. The number of hydrogen-bond donors (Lipinski definition) is 1. The van der Waals surface area contributed by atoms with Crippen molar-refractivity contribution in [1.82, 2.24) is 5.16 Å². The van der Waals surface area contributed by atoms with Crippen molar-refractivity contribution in [2.75, 3.05) is 11.9 Å². The van der Waals surface area contributed by atoms with Gasteiger partial charge in [0.05, 0.1) is 18.7 Å². The van der Waals surface area contributed by atoms with Gasteiger partial charge in [0.1, 0.15) is 11.2 Å². The lowest BCUT2D eigenvalue weighted by atomic mass is 9.72. The van der Waals surface area contributed by atoms with Crippen LogP contribution in [0, 0.1) is 13.8 Å². The van der Waals surface area contributed by atoms with Crippen LogP contribution in [-0.4, -0.2) is 23.6 Å². The van der Waals surface area contributed by atoms with Gasteiger partial charge in [-0.3, -0.25) is 9.59 Å². The van der Waals surface area contributed by atoms with Gasteiger partial charge < -0.3 is 14.6 Å². The number of amides is 1. The second-order valence-electron chi connectivity index (χ2n) is 7.17. The summed E-state index contributed by atoms with van der Waals surface area (Å²) in [5, 5.41) is 6.99. The van der Waals surface area contributed by atoms with Crippen LogP contribution in [0.4, 0.5) is 5.69 Å². The third-order valence-electron chi connectivity index (χ3n) is 5.42. The third kappa shape index (κ3) is 3.01. The summed E-state index contributed by atoms with van der Waals surface area (Å²) in [6, 6.07) is 15.1. The first-order chi connectivity index (χ1) is 14.0. The Morgan fingerprint density at radius 2 is 1.93 bits per heavy atom. The zero-order chi connectivity index (χ0) is 20.6. The number of benzene rings is 2. The van der Waals surface area contributed by atoms with Crippen molar-refractivity contribution in [2.45, 2.75) is 32.6 Å². The predicted molar refractivity (Wildman–Crippen MR) is 109 cm³/mol. The first-order valence-corrected chi connectivity index (χ1v) is 9.57. The van der Waals surface area contributed by atoms with E-state index >= 15 is 0 Å². The number of fused-ring (bicyclic) bond motifs is 1. The molecular weight excluding hydrogens is 368 g/mol. The van der Waals surface area contributed by atoms with Crippen LogP contribution in [0.15, 0.2) is 53.1 Å². The molecule has 1 amide bonds. The number of esters is 1. The normalized spacial score (nSPS) is 17.7. The van der Waals surface area contributed by atoms with Gasteiger partial charge in [-0.2, -0.15) is 0 Å². The molecule has 0 fully saturated rings. The number of rotatable bonds is 5. The highest BCUT2D eigenvalue weighted by Gasteiger charge is 2.50. The minimum absolute atomic E-state index is 0.0747. The lowest BCUT2D eigenvalue weighted by Crippen LogP contribution is -2.38. The summed E-state index contributed by atoms with van der Waals surface area (Å²) in [7, 11) is 0. The van der Waals surface area contributed by atoms with Crippen molar-refractivity contribution < 1.29 is 18.8 Å². The molecule has 148 valence electrons. The van der Waals surface area contributed by atoms with Crippen molar-refractivity contribution in [3.05, 3.63) is 71.1 Å². The van der Waals surface area contributed by atoms with Gasteiger partial charge in [0.2, 0.25) is 5.91 Å². The van der Waals surface area contributed by atoms with Crippen LogP contribution in [0.5, 0.6) is 0 Å². The Labute approximate surface area is 168 Å². The third-order valence-corrected chi connectivity index (χ3v) is 5.42. The fourth-order valence-electron chi connectivity index (χ4n) is 4.12. The van der Waals surface area contributed by atoms with Gasteiger partial charge in [0, 0.05) is 11.3 Å². The molecule has 0 aliphatic carbocycles. The molecule has 1 aliphatic heterocycles. The Morgan fingerprint density at radius 3 is 2.59 bits per heavy atom. The molecule has 0 saturated heterocycles. The van der Waals surface area contributed by atoms with E-state index in [0.717, 1.165) is 27.9 Å². The molecule has 1 aromatic heterocycles. The van der Waals surface area contributed by atoms with Gasteiger partial charge >= 0.3 is 5.97 Å². The number of nitrogens with zero attached hydrogens (tertiary/aromatic N) is 1. The first kappa shape index (κ1) is 18.9. The lowest BCUT2D eigenvalue weighted by molar-refractivity contribution is -0.145. The number of carbonyl (C=O) groups excluding carboxylic acids is 2. The van der Waals surface area contributed by atoms with Crippen LogP contribution in [0.3, 0.4) is 0 Å². The molecule has 2 aromatic carbocycles. The number of aryl methyl sites for hydroxylation is 2. The summed E-state index contributed by atoms with van der Waals surface area (Å²) in [5.41, 5.74) is 3.59. The molecule has 0 bridgehead atoms. The highest BCUT2D eigenvalue weighted by atomic mass is 16.5. The van der Waals surface area contributed by atoms with Gasteiger partial charge in [-0.1, -0.05) is 41.6 Å². The van der Waals surface area contributed by atoms with E-state index in [-0.39, 0.29) is 18.9 Å². The summed E-state index contributed by atoms with van der Waals surface area (Å²) in [5.74, 6) is 0.0557. The monoisotopic (exact) mass is 390 g/mol. The molecule has 2 heterocycles. The number of nitrogens with one attached hydrogen (secondary N) is 1. The van der Waals surface area contributed by atoms with Crippen LogP contribution < -0.4 is 5.32 Å². The highest BCUT2D eigenvalue weighted by Crippen LogP contribution is 2.47. The number of hydrogen-bond acceptors (Lipinski definition) is 5. The van der Waals surface area contributed by atoms with E-state index in [1.54, 1.807) is 6.92 Å². The molecule has 1 unspecified atom stereocenters. The average molecular weight is 390 g/mol. The molecule has 0 spiro atoms. The van der Waals surface area contributed by atoms with Crippen molar-refractivity contribution in [3.63, 3.8) is 0 Å². The van der Waals surface area contributed by atoms with E-state index in [9.17, 15) is 9.59 Å². The van der Waals surface area contributed by atoms with Crippen LogP contribution >= 0.6 is 0 Å². The molecule has 4 rings (SSSR count). The second kappa shape index (κ2) is 7.20. The van der Waals surface area contributed by atoms with E-state index in [0.29, 0.717) is 11.4 Å². The summed E-state index contributed by atoms with van der Waals surface area (Å²) >= 11 is 0. The van der Waals surface area contributed by atoms with Crippen molar-refractivity contribution in [1.29, 1.82) is 0 Å². The smallest absolute Gasteiger partial charge is 0.307 e. The topological polar surface area (TPSA) is 81.4 Å². The Hall–Kier alpha value is -3.41. The van der Waals surface area contributed by atoms with E-state index in [2.05, 4.69) is 10.5 Å². The van der Waals surface area contributed by atoms with Gasteiger partial charge in [0.25, 0.3) is 0 Å². The standard InChI is InChI=1S/C23H22N2O4/c1-4-28-20(26)13-23(17-8-6-5-7-9-17)18-12-16(10-11-19(18)24-22(23)27)21-14(2)25-29-15(21)3/h5-12H,4,13H2,1-3H3,(H,24,27). The predicted octanol–water partition coefficient (Wildman–Crippen LogP) is 4.15. The van der Waals surface area contributed by atoms with Crippen molar-refractivity contribution in [3.8, 4) is 11.1 Å². The lowest BCUT2D eigenvalue weighted by Gasteiger charge is -2.27. The fraction of sp³-hybridized carbons (Fsp3) is 0.261. The zero-order valence-corrected chi connectivity index (χ0v) is 16.6.